The average Bonchev–Trinajstić information content (AvgIpc) is 3.34. The minimum Gasteiger partial charge on any atom is -0.487 e. The number of aryl methyl sites for hydroxylation is 1. The Morgan fingerprint density at radius 1 is 1.19 bits per heavy atom. The van der Waals surface area contributed by atoms with Gasteiger partial charge in [0.15, 0.2) is 0 Å². The van der Waals surface area contributed by atoms with Crippen LogP contribution in [0.1, 0.15) is 35.4 Å². The standard InChI is InChI=1S/C22H18F3N3O4/c1-12(21(29)30)18-10-32-20-9-16(7-8-17(18)20)31-11-19-13(2)26-28(27-19)15-5-3-14(4-6-15)22(23,24)25/h3-10,12H,11H2,1-2H3,(H,29,30). The van der Waals surface area contributed by atoms with E-state index in [1.165, 1.54) is 23.2 Å². The first-order chi connectivity index (χ1) is 15.1. The normalized spacial score (nSPS) is 12.8. The molecule has 166 valence electrons. The summed E-state index contributed by atoms with van der Waals surface area (Å²) in [5.74, 6) is -1.16. The van der Waals surface area contributed by atoms with Gasteiger partial charge in [-0.2, -0.15) is 23.1 Å². The highest BCUT2D eigenvalue weighted by atomic mass is 19.4. The van der Waals surface area contributed by atoms with Crippen molar-refractivity contribution in [1.82, 2.24) is 15.0 Å². The van der Waals surface area contributed by atoms with Crippen molar-refractivity contribution < 1.29 is 32.2 Å². The Morgan fingerprint density at radius 2 is 1.91 bits per heavy atom. The molecule has 0 bridgehead atoms. The SMILES string of the molecule is Cc1nn(-c2ccc(C(F)(F)F)cc2)nc1COc1ccc2c(C(C)C(=O)O)coc2c1. The lowest BCUT2D eigenvalue weighted by molar-refractivity contribution is -0.138. The van der Waals surface area contributed by atoms with Crippen molar-refractivity contribution in [1.29, 1.82) is 0 Å². The quantitative estimate of drug-likeness (QED) is 0.444. The van der Waals surface area contributed by atoms with Gasteiger partial charge >= 0.3 is 12.1 Å². The number of carboxylic acids is 1. The molecule has 1 N–H and O–H groups in total. The average molecular weight is 445 g/mol. The molecule has 7 nitrogen and oxygen atoms in total. The number of halogens is 3. The number of furan rings is 1. The molecule has 0 radical (unpaired) electrons. The van der Waals surface area contributed by atoms with Crippen molar-refractivity contribution in [3.63, 3.8) is 0 Å². The molecule has 4 rings (SSSR count). The molecule has 2 heterocycles. The maximum absolute atomic E-state index is 12.7. The third-order valence-corrected chi connectivity index (χ3v) is 5.09. The van der Waals surface area contributed by atoms with Crippen molar-refractivity contribution in [3.05, 3.63) is 71.2 Å². The van der Waals surface area contributed by atoms with Crippen LogP contribution < -0.4 is 4.74 Å². The lowest BCUT2D eigenvalue weighted by Gasteiger charge is -2.07. The van der Waals surface area contributed by atoms with Crippen molar-refractivity contribution >= 4 is 16.9 Å². The van der Waals surface area contributed by atoms with Crippen LogP contribution in [0.25, 0.3) is 16.7 Å². The molecular formula is C22H18F3N3O4. The molecular weight excluding hydrogens is 427 g/mol. The molecule has 4 aromatic rings. The minimum atomic E-state index is -4.41. The van der Waals surface area contributed by atoms with E-state index in [-0.39, 0.29) is 6.61 Å². The van der Waals surface area contributed by atoms with Gasteiger partial charge in [-0.05, 0) is 50.2 Å². The van der Waals surface area contributed by atoms with Crippen LogP contribution in [0.2, 0.25) is 0 Å². The highest BCUT2D eigenvalue weighted by Gasteiger charge is 2.30. The third kappa shape index (κ3) is 4.16. The highest BCUT2D eigenvalue weighted by Crippen LogP contribution is 2.31. The monoisotopic (exact) mass is 445 g/mol. The zero-order valence-corrected chi connectivity index (χ0v) is 17.1. The smallest absolute Gasteiger partial charge is 0.416 e. The second-order valence-electron chi connectivity index (χ2n) is 7.26. The molecule has 10 heteroatoms. The molecule has 2 aromatic heterocycles. The summed E-state index contributed by atoms with van der Waals surface area (Å²) in [6.07, 6.45) is -2.99. The van der Waals surface area contributed by atoms with Gasteiger partial charge in [0.05, 0.1) is 29.1 Å². The second kappa shape index (κ2) is 8.03. The van der Waals surface area contributed by atoms with E-state index in [0.29, 0.717) is 39.4 Å². The molecule has 0 fully saturated rings. The van der Waals surface area contributed by atoms with Gasteiger partial charge in [-0.25, -0.2) is 0 Å². The van der Waals surface area contributed by atoms with Crippen LogP contribution in [0.4, 0.5) is 13.2 Å². The van der Waals surface area contributed by atoms with Gasteiger partial charge < -0.3 is 14.3 Å². The Bertz CT molecular complexity index is 1280. The number of aliphatic carboxylic acids is 1. The van der Waals surface area contributed by atoms with E-state index >= 15 is 0 Å². The van der Waals surface area contributed by atoms with Crippen LogP contribution >= 0.6 is 0 Å². The van der Waals surface area contributed by atoms with Crippen LogP contribution in [-0.4, -0.2) is 26.1 Å². The fourth-order valence-electron chi connectivity index (χ4n) is 3.18. The van der Waals surface area contributed by atoms with Gasteiger partial charge in [-0.3, -0.25) is 4.79 Å². The Kier molecular flexibility index (Phi) is 5.37. The van der Waals surface area contributed by atoms with E-state index in [2.05, 4.69) is 10.2 Å². The molecule has 0 aliphatic heterocycles. The number of rotatable bonds is 6. The Balaban J connectivity index is 1.49. The largest absolute Gasteiger partial charge is 0.487 e. The van der Waals surface area contributed by atoms with Crippen molar-refractivity contribution in [2.45, 2.75) is 32.5 Å². The Labute approximate surface area is 180 Å². The lowest BCUT2D eigenvalue weighted by atomic mass is 10.0. The number of hydrogen-bond donors (Lipinski definition) is 1. The third-order valence-electron chi connectivity index (χ3n) is 5.09. The predicted octanol–water partition coefficient (Wildman–Crippen LogP) is 5.11. The summed E-state index contributed by atoms with van der Waals surface area (Å²) in [6, 6.07) is 9.63. The van der Waals surface area contributed by atoms with Gasteiger partial charge in [-0.15, -0.1) is 5.10 Å². The summed E-state index contributed by atoms with van der Waals surface area (Å²) in [6.45, 7) is 3.39. The van der Waals surface area contributed by atoms with Crippen LogP contribution in [0.5, 0.6) is 5.75 Å². The topological polar surface area (TPSA) is 90.4 Å². The second-order valence-corrected chi connectivity index (χ2v) is 7.26. The number of ether oxygens (including phenoxy) is 1. The first-order valence-electron chi connectivity index (χ1n) is 9.60. The molecule has 0 saturated heterocycles. The summed E-state index contributed by atoms with van der Waals surface area (Å²) in [5, 5.41) is 18.4. The first-order valence-corrected chi connectivity index (χ1v) is 9.60. The Hall–Kier alpha value is -3.82. The van der Waals surface area contributed by atoms with E-state index in [1.54, 1.807) is 32.0 Å². The van der Waals surface area contributed by atoms with E-state index in [1.807, 2.05) is 0 Å². The first kappa shape index (κ1) is 21.4. The number of carboxylic acid groups (broad SMARTS) is 1. The fourth-order valence-corrected chi connectivity index (χ4v) is 3.18. The zero-order valence-electron chi connectivity index (χ0n) is 17.1. The van der Waals surface area contributed by atoms with E-state index in [0.717, 1.165) is 12.1 Å². The van der Waals surface area contributed by atoms with Gasteiger partial charge in [-0.1, -0.05) is 0 Å². The minimum absolute atomic E-state index is 0.0804. The van der Waals surface area contributed by atoms with Gasteiger partial charge in [0.1, 0.15) is 23.6 Å². The summed E-state index contributed by atoms with van der Waals surface area (Å²) in [7, 11) is 0. The van der Waals surface area contributed by atoms with Crippen LogP contribution in [0.15, 0.2) is 53.1 Å². The van der Waals surface area contributed by atoms with Crippen LogP contribution in [0.3, 0.4) is 0 Å². The van der Waals surface area contributed by atoms with E-state index < -0.39 is 23.6 Å². The summed E-state index contributed by atoms with van der Waals surface area (Å²) < 4.78 is 49.5. The maximum atomic E-state index is 12.7. The lowest BCUT2D eigenvalue weighted by Crippen LogP contribution is -2.06. The van der Waals surface area contributed by atoms with E-state index in [9.17, 15) is 23.1 Å². The van der Waals surface area contributed by atoms with Crippen LogP contribution in [0, 0.1) is 6.92 Å². The number of benzene rings is 2. The maximum Gasteiger partial charge on any atom is 0.416 e. The molecule has 2 aromatic carbocycles. The molecule has 1 atom stereocenters. The number of alkyl halides is 3. The van der Waals surface area contributed by atoms with Crippen molar-refractivity contribution in [3.8, 4) is 11.4 Å². The van der Waals surface area contributed by atoms with Gasteiger partial charge in [0.2, 0.25) is 0 Å². The Morgan fingerprint density at radius 3 is 2.56 bits per heavy atom. The van der Waals surface area contributed by atoms with Gasteiger partial charge in [0, 0.05) is 17.0 Å². The number of carbonyl (C=O) groups is 1. The zero-order chi connectivity index (χ0) is 23.0. The van der Waals surface area contributed by atoms with Gasteiger partial charge in [0.25, 0.3) is 0 Å². The summed E-state index contributed by atoms with van der Waals surface area (Å²) >= 11 is 0. The molecule has 0 amide bonds. The highest BCUT2D eigenvalue weighted by molar-refractivity contribution is 5.88. The fraction of sp³-hybridized carbons (Fsp3) is 0.227. The van der Waals surface area contributed by atoms with Crippen LogP contribution in [-0.2, 0) is 17.6 Å². The molecule has 0 spiro atoms. The molecule has 32 heavy (non-hydrogen) atoms. The molecule has 0 aliphatic rings. The summed E-state index contributed by atoms with van der Waals surface area (Å²) in [4.78, 5) is 12.5. The number of aromatic nitrogens is 3. The van der Waals surface area contributed by atoms with Crippen molar-refractivity contribution in [2.75, 3.05) is 0 Å². The molecule has 0 saturated carbocycles. The predicted molar refractivity (Wildman–Crippen MR) is 108 cm³/mol. The molecule has 1 unspecified atom stereocenters. The number of nitrogens with zero attached hydrogens (tertiary/aromatic N) is 3. The van der Waals surface area contributed by atoms with Crippen molar-refractivity contribution in [2.24, 2.45) is 0 Å². The van der Waals surface area contributed by atoms with E-state index in [4.69, 9.17) is 9.15 Å². The molecule has 0 aliphatic carbocycles. The number of hydrogen-bond acceptors (Lipinski definition) is 5. The summed E-state index contributed by atoms with van der Waals surface area (Å²) in [5.41, 5.74) is 1.81. The number of fused-ring (bicyclic) bond motifs is 1.